The van der Waals surface area contributed by atoms with Crippen LogP contribution in [0.25, 0.3) is 0 Å². The van der Waals surface area contributed by atoms with Gasteiger partial charge in [0.25, 0.3) is 5.56 Å². The van der Waals surface area contributed by atoms with Gasteiger partial charge in [-0.1, -0.05) is 19.8 Å². The molecule has 1 saturated carbocycles. The Kier molecular flexibility index (Phi) is 4.26. The number of aromatic amines is 1. The lowest BCUT2D eigenvalue weighted by Gasteiger charge is -2.35. The lowest BCUT2D eigenvalue weighted by molar-refractivity contribution is -0.000843. The molecule has 6 heteroatoms. The summed E-state index contributed by atoms with van der Waals surface area (Å²) in [6, 6.07) is 0. The molecule has 1 aromatic rings. The van der Waals surface area contributed by atoms with Crippen molar-refractivity contribution in [3.63, 3.8) is 0 Å². The Bertz CT molecular complexity index is 477. The van der Waals surface area contributed by atoms with Crippen molar-refractivity contribution in [3.8, 4) is 0 Å². The van der Waals surface area contributed by atoms with E-state index in [-0.39, 0.29) is 5.56 Å². The molecule has 0 spiro atoms. The van der Waals surface area contributed by atoms with E-state index in [1.807, 2.05) is 22.6 Å². The molecule has 0 bridgehead atoms. The van der Waals surface area contributed by atoms with E-state index in [4.69, 9.17) is 0 Å². The molecule has 1 aliphatic carbocycles. The molecule has 0 saturated heterocycles. The Morgan fingerprint density at radius 2 is 2.50 bits per heavy atom. The van der Waals surface area contributed by atoms with Gasteiger partial charge in [0.05, 0.1) is 11.9 Å². The topological polar surface area (TPSA) is 78.0 Å². The van der Waals surface area contributed by atoms with E-state index < -0.39 is 5.60 Å². The molecule has 2 unspecified atom stereocenters. The van der Waals surface area contributed by atoms with Gasteiger partial charge in [-0.15, -0.1) is 0 Å². The number of anilines is 1. The summed E-state index contributed by atoms with van der Waals surface area (Å²) in [6.45, 7) is 2.61. The third-order valence-corrected chi connectivity index (χ3v) is 4.45. The van der Waals surface area contributed by atoms with Crippen molar-refractivity contribution in [3.05, 3.63) is 20.3 Å². The number of aliphatic hydroxyl groups is 1. The molecular weight excluding hydrogens is 345 g/mol. The summed E-state index contributed by atoms with van der Waals surface area (Å²) in [5.74, 6) is 1.10. The quantitative estimate of drug-likeness (QED) is 0.715. The van der Waals surface area contributed by atoms with Gasteiger partial charge < -0.3 is 15.4 Å². The summed E-state index contributed by atoms with van der Waals surface area (Å²) >= 11 is 1.96. The van der Waals surface area contributed by atoms with Crippen LogP contribution in [0.5, 0.6) is 0 Å². The minimum absolute atomic E-state index is 0.155. The molecule has 2 rings (SSSR count). The zero-order chi connectivity index (χ0) is 13.2. The molecule has 100 valence electrons. The highest BCUT2D eigenvalue weighted by Gasteiger charge is 2.32. The minimum atomic E-state index is -0.676. The van der Waals surface area contributed by atoms with Gasteiger partial charge in [0.2, 0.25) is 0 Å². The van der Waals surface area contributed by atoms with Crippen LogP contribution < -0.4 is 10.9 Å². The lowest BCUT2D eigenvalue weighted by Crippen LogP contribution is -2.41. The van der Waals surface area contributed by atoms with Gasteiger partial charge in [-0.3, -0.25) is 4.79 Å². The average Bonchev–Trinajstić information content (AvgIpc) is 2.31. The van der Waals surface area contributed by atoms with Crippen LogP contribution in [-0.2, 0) is 0 Å². The predicted octanol–water partition coefficient (Wildman–Crippen LogP) is 1.73. The molecule has 0 amide bonds. The van der Waals surface area contributed by atoms with Gasteiger partial charge in [-0.05, 0) is 41.4 Å². The SMILES string of the molecule is CC1CCCC(O)(CNc2nc[nH]c(=O)c2I)C1. The van der Waals surface area contributed by atoms with Crippen LogP contribution in [0.4, 0.5) is 5.82 Å². The number of rotatable bonds is 3. The predicted molar refractivity (Wildman–Crippen MR) is 78.6 cm³/mol. The van der Waals surface area contributed by atoms with Crippen molar-refractivity contribution >= 4 is 28.4 Å². The molecule has 1 aliphatic rings. The molecular formula is C12H18IN3O2. The molecule has 1 heterocycles. The van der Waals surface area contributed by atoms with Crippen molar-refractivity contribution in [2.75, 3.05) is 11.9 Å². The maximum absolute atomic E-state index is 11.4. The molecule has 1 aromatic heterocycles. The molecule has 5 nitrogen and oxygen atoms in total. The Morgan fingerprint density at radius 1 is 1.72 bits per heavy atom. The third kappa shape index (κ3) is 3.23. The summed E-state index contributed by atoms with van der Waals surface area (Å²) in [4.78, 5) is 18.0. The molecule has 1 fully saturated rings. The molecule has 0 radical (unpaired) electrons. The van der Waals surface area contributed by atoms with E-state index in [0.29, 0.717) is 21.9 Å². The van der Waals surface area contributed by atoms with Crippen LogP contribution in [0, 0.1) is 9.49 Å². The van der Waals surface area contributed by atoms with Crippen LogP contribution in [0.3, 0.4) is 0 Å². The van der Waals surface area contributed by atoms with Crippen molar-refractivity contribution in [1.29, 1.82) is 0 Å². The summed E-state index contributed by atoms with van der Waals surface area (Å²) in [5, 5.41) is 13.6. The van der Waals surface area contributed by atoms with Crippen molar-refractivity contribution in [2.45, 2.75) is 38.2 Å². The van der Waals surface area contributed by atoms with Crippen LogP contribution in [0.2, 0.25) is 0 Å². The average molecular weight is 363 g/mol. The van der Waals surface area contributed by atoms with Crippen molar-refractivity contribution in [2.24, 2.45) is 5.92 Å². The second-order valence-electron chi connectivity index (χ2n) is 5.17. The first-order valence-corrected chi connectivity index (χ1v) is 7.27. The normalized spacial score (nSPS) is 28.1. The van der Waals surface area contributed by atoms with Gasteiger partial charge in [-0.2, -0.15) is 0 Å². The fourth-order valence-electron chi connectivity index (χ4n) is 2.55. The largest absolute Gasteiger partial charge is 0.388 e. The monoisotopic (exact) mass is 363 g/mol. The van der Waals surface area contributed by atoms with E-state index >= 15 is 0 Å². The van der Waals surface area contributed by atoms with Crippen LogP contribution in [-0.4, -0.2) is 27.2 Å². The molecule has 0 aromatic carbocycles. The van der Waals surface area contributed by atoms with Crippen LogP contribution in [0.1, 0.15) is 32.6 Å². The number of nitrogens with zero attached hydrogens (tertiary/aromatic N) is 1. The maximum atomic E-state index is 11.4. The molecule has 2 atom stereocenters. The van der Waals surface area contributed by atoms with E-state index in [9.17, 15) is 9.90 Å². The number of halogens is 1. The number of nitrogens with one attached hydrogen (secondary N) is 2. The van der Waals surface area contributed by atoms with Gasteiger partial charge >= 0.3 is 0 Å². The second-order valence-corrected chi connectivity index (χ2v) is 6.25. The highest BCUT2D eigenvalue weighted by Crippen LogP contribution is 2.32. The highest BCUT2D eigenvalue weighted by atomic mass is 127. The van der Waals surface area contributed by atoms with E-state index in [1.54, 1.807) is 0 Å². The number of hydrogen-bond acceptors (Lipinski definition) is 4. The van der Waals surface area contributed by atoms with Crippen LogP contribution >= 0.6 is 22.6 Å². The first-order chi connectivity index (χ1) is 8.50. The summed E-state index contributed by atoms with van der Waals surface area (Å²) in [7, 11) is 0. The Labute approximate surface area is 120 Å². The maximum Gasteiger partial charge on any atom is 0.266 e. The molecule has 18 heavy (non-hydrogen) atoms. The minimum Gasteiger partial charge on any atom is -0.388 e. The van der Waals surface area contributed by atoms with Gasteiger partial charge in [0.15, 0.2) is 0 Å². The zero-order valence-corrected chi connectivity index (χ0v) is 12.5. The third-order valence-electron chi connectivity index (χ3n) is 3.45. The number of aromatic nitrogens is 2. The first kappa shape index (κ1) is 13.8. The first-order valence-electron chi connectivity index (χ1n) is 6.20. The van der Waals surface area contributed by atoms with Crippen molar-refractivity contribution < 1.29 is 5.11 Å². The number of hydrogen-bond donors (Lipinski definition) is 3. The fraction of sp³-hybridized carbons (Fsp3) is 0.667. The Balaban J connectivity index is 2.02. The Hall–Kier alpha value is -0.630. The molecule has 0 aliphatic heterocycles. The van der Waals surface area contributed by atoms with Crippen molar-refractivity contribution in [1.82, 2.24) is 9.97 Å². The summed E-state index contributed by atoms with van der Waals surface area (Å²) in [6.07, 6.45) is 5.23. The fourth-order valence-corrected chi connectivity index (χ4v) is 3.03. The van der Waals surface area contributed by atoms with E-state index in [1.165, 1.54) is 12.7 Å². The standard InChI is InChI=1S/C12H18IN3O2/c1-8-3-2-4-12(18,5-8)6-14-10-9(13)11(17)16-7-15-10/h7-8,18H,2-6H2,1H3,(H2,14,15,16,17). The van der Waals surface area contributed by atoms with Gasteiger partial charge in [-0.25, -0.2) is 4.98 Å². The smallest absolute Gasteiger partial charge is 0.266 e. The Morgan fingerprint density at radius 3 is 3.22 bits per heavy atom. The van der Waals surface area contributed by atoms with E-state index in [2.05, 4.69) is 22.2 Å². The summed E-state index contributed by atoms with van der Waals surface area (Å²) in [5.41, 5.74) is -0.831. The summed E-state index contributed by atoms with van der Waals surface area (Å²) < 4.78 is 0.530. The zero-order valence-electron chi connectivity index (χ0n) is 10.4. The van der Waals surface area contributed by atoms with Gasteiger partial charge in [0.1, 0.15) is 9.39 Å². The molecule has 3 N–H and O–H groups in total. The second kappa shape index (κ2) is 5.56. The lowest BCUT2D eigenvalue weighted by atomic mass is 9.79. The van der Waals surface area contributed by atoms with E-state index in [0.717, 1.165) is 19.3 Å². The highest BCUT2D eigenvalue weighted by molar-refractivity contribution is 14.1. The number of H-pyrrole nitrogens is 1. The van der Waals surface area contributed by atoms with Gasteiger partial charge in [0, 0.05) is 6.54 Å². The van der Waals surface area contributed by atoms with Crippen LogP contribution in [0.15, 0.2) is 11.1 Å².